The molecule has 0 aliphatic heterocycles. The fourth-order valence-electron chi connectivity index (χ4n) is 3.07. The van der Waals surface area contributed by atoms with Crippen molar-refractivity contribution in [3.8, 4) is 0 Å². The van der Waals surface area contributed by atoms with Crippen LogP contribution in [0.2, 0.25) is 5.02 Å². The molecule has 1 fully saturated rings. The van der Waals surface area contributed by atoms with Crippen LogP contribution in [0.15, 0.2) is 24.3 Å². The number of carbonyl (C=O) groups is 3. The van der Waals surface area contributed by atoms with Crippen molar-refractivity contribution in [3.63, 3.8) is 0 Å². The molecule has 0 bridgehead atoms. The number of hydrogen-bond acceptors (Lipinski definition) is 3. The molecule has 2 rings (SSSR count). The standard InChI is InChI=1S/C18H23ClN2O4/c19-14-8-4-3-7-13(14)15(11-17(23)24)21-16(22)9-10-20-18(25)12-5-1-2-6-12/h3-4,7-8,12,15H,1-2,5-6,9-11H2,(H,20,25)(H,21,22)(H,23,24)/t15-/m1/s1. The van der Waals surface area contributed by atoms with Gasteiger partial charge in [-0.3, -0.25) is 14.4 Å². The van der Waals surface area contributed by atoms with Gasteiger partial charge in [0.05, 0.1) is 12.5 Å². The summed E-state index contributed by atoms with van der Waals surface area (Å²) in [7, 11) is 0. The zero-order valence-corrected chi connectivity index (χ0v) is 14.7. The van der Waals surface area contributed by atoms with Crippen LogP contribution in [0.5, 0.6) is 0 Å². The molecule has 2 amide bonds. The average Bonchev–Trinajstić information content (AvgIpc) is 3.08. The van der Waals surface area contributed by atoms with E-state index in [1.165, 1.54) is 0 Å². The van der Waals surface area contributed by atoms with Gasteiger partial charge in [0.25, 0.3) is 0 Å². The Balaban J connectivity index is 1.85. The van der Waals surface area contributed by atoms with Crippen LogP contribution < -0.4 is 10.6 Å². The molecule has 0 unspecified atom stereocenters. The van der Waals surface area contributed by atoms with Crippen molar-refractivity contribution >= 4 is 29.4 Å². The highest BCUT2D eigenvalue weighted by atomic mass is 35.5. The number of nitrogens with one attached hydrogen (secondary N) is 2. The molecule has 0 heterocycles. The first-order valence-electron chi connectivity index (χ1n) is 8.50. The maximum atomic E-state index is 12.1. The second-order valence-corrected chi connectivity index (χ2v) is 6.67. The Labute approximate surface area is 151 Å². The van der Waals surface area contributed by atoms with Crippen molar-refractivity contribution in [1.29, 1.82) is 0 Å². The average molecular weight is 367 g/mol. The van der Waals surface area contributed by atoms with Crippen LogP contribution in [0.25, 0.3) is 0 Å². The van der Waals surface area contributed by atoms with Gasteiger partial charge in [0.15, 0.2) is 0 Å². The third kappa shape index (κ3) is 6.05. The first-order chi connectivity index (χ1) is 12.0. The van der Waals surface area contributed by atoms with E-state index in [9.17, 15) is 14.4 Å². The maximum absolute atomic E-state index is 12.1. The number of amides is 2. The lowest BCUT2D eigenvalue weighted by Crippen LogP contribution is -2.35. The van der Waals surface area contributed by atoms with E-state index in [0.717, 1.165) is 25.7 Å². The zero-order valence-electron chi connectivity index (χ0n) is 14.0. The van der Waals surface area contributed by atoms with Gasteiger partial charge in [-0.1, -0.05) is 42.6 Å². The van der Waals surface area contributed by atoms with E-state index >= 15 is 0 Å². The highest BCUT2D eigenvalue weighted by Crippen LogP contribution is 2.25. The molecule has 0 radical (unpaired) electrons. The highest BCUT2D eigenvalue weighted by molar-refractivity contribution is 6.31. The zero-order chi connectivity index (χ0) is 18.2. The summed E-state index contributed by atoms with van der Waals surface area (Å²) in [4.78, 5) is 35.1. The van der Waals surface area contributed by atoms with E-state index in [2.05, 4.69) is 10.6 Å². The molecular formula is C18H23ClN2O4. The molecule has 0 aromatic heterocycles. The summed E-state index contributed by atoms with van der Waals surface area (Å²) >= 11 is 6.10. The van der Waals surface area contributed by atoms with E-state index < -0.39 is 12.0 Å². The molecule has 1 aliphatic carbocycles. The predicted molar refractivity (Wildman–Crippen MR) is 94.2 cm³/mol. The van der Waals surface area contributed by atoms with Gasteiger partial charge in [-0.25, -0.2) is 0 Å². The van der Waals surface area contributed by atoms with Crippen LogP contribution in [0.1, 0.15) is 50.1 Å². The normalized spacial score (nSPS) is 15.6. The van der Waals surface area contributed by atoms with Gasteiger partial charge in [-0.15, -0.1) is 0 Å². The van der Waals surface area contributed by atoms with E-state index in [1.807, 2.05) is 0 Å². The summed E-state index contributed by atoms with van der Waals surface area (Å²) < 4.78 is 0. The van der Waals surface area contributed by atoms with E-state index in [0.29, 0.717) is 10.6 Å². The molecule has 1 aliphatic rings. The monoisotopic (exact) mass is 366 g/mol. The molecule has 136 valence electrons. The van der Waals surface area contributed by atoms with Crippen molar-refractivity contribution in [3.05, 3.63) is 34.9 Å². The van der Waals surface area contributed by atoms with Gasteiger partial charge in [0.2, 0.25) is 11.8 Å². The number of halogens is 1. The molecule has 6 nitrogen and oxygen atoms in total. The van der Waals surface area contributed by atoms with Gasteiger partial charge in [-0.05, 0) is 24.5 Å². The van der Waals surface area contributed by atoms with Crippen LogP contribution in [0, 0.1) is 5.92 Å². The predicted octanol–water partition coefficient (Wildman–Crippen LogP) is 2.67. The van der Waals surface area contributed by atoms with Gasteiger partial charge >= 0.3 is 5.97 Å². The Morgan fingerprint density at radius 3 is 2.52 bits per heavy atom. The summed E-state index contributed by atoms with van der Waals surface area (Å²) in [5.74, 6) is -1.29. The minimum atomic E-state index is -1.03. The Morgan fingerprint density at radius 1 is 1.20 bits per heavy atom. The summed E-state index contributed by atoms with van der Waals surface area (Å²) in [6, 6.07) is 6.12. The third-order valence-electron chi connectivity index (χ3n) is 4.37. The number of rotatable bonds is 8. The van der Waals surface area contributed by atoms with Crippen LogP contribution in [-0.2, 0) is 14.4 Å². The van der Waals surface area contributed by atoms with Crippen molar-refractivity contribution in [2.24, 2.45) is 5.92 Å². The van der Waals surface area contributed by atoms with Gasteiger partial charge in [0.1, 0.15) is 0 Å². The number of carboxylic acid groups (broad SMARTS) is 1. The first-order valence-corrected chi connectivity index (χ1v) is 8.88. The molecular weight excluding hydrogens is 344 g/mol. The second kappa shape index (κ2) is 9.42. The minimum absolute atomic E-state index is 0.00140. The first kappa shape index (κ1) is 19.2. The van der Waals surface area contributed by atoms with Crippen LogP contribution in [-0.4, -0.2) is 29.4 Å². The van der Waals surface area contributed by atoms with Gasteiger partial charge in [0, 0.05) is 23.9 Å². The van der Waals surface area contributed by atoms with Crippen molar-refractivity contribution < 1.29 is 19.5 Å². The molecule has 0 spiro atoms. The lowest BCUT2D eigenvalue weighted by atomic mass is 10.0. The summed E-state index contributed by atoms with van der Waals surface area (Å²) in [5, 5.41) is 14.9. The van der Waals surface area contributed by atoms with Crippen molar-refractivity contribution in [2.75, 3.05) is 6.54 Å². The second-order valence-electron chi connectivity index (χ2n) is 6.26. The van der Waals surface area contributed by atoms with E-state index in [1.54, 1.807) is 24.3 Å². The number of aliphatic carboxylic acids is 1. The van der Waals surface area contributed by atoms with Crippen LogP contribution in [0.3, 0.4) is 0 Å². The Kier molecular flexibility index (Phi) is 7.25. The molecule has 1 aromatic rings. The number of hydrogen-bond donors (Lipinski definition) is 3. The molecule has 1 atom stereocenters. The van der Waals surface area contributed by atoms with E-state index in [4.69, 9.17) is 16.7 Å². The number of carboxylic acids is 1. The smallest absolute Gasteiger partial charge is 0.305 e. The summed E-state index contributed by atoms with van der Waals surface area (Å²) in [5.41, 5.74) is 0.565. The molecule has 3 N–H and O–H groups in total. The highest BCUT2D eigenvalue weighted by Gasteiger charge is 2.23. The lowest BCUT2D eigenvalue weighted by molar-refractivity contribution is -0.137. The largest absolute Gasteiger partial charge is 0.481 e. The fraction of sp³-hybridized carbons (Fsp3) is 0.500. The Hall–Kier alpha value is -2.08. The third-order valence-corrected chi connectivity index (χ3v) is 4.72. The summed E-state index contributed by atoms with van der Waals surface area (Å²) in [6.45, 7) is 0.240. The topological polar surface area (TPSA) is 95.5 Å². The van der Waals surface area contributed by atoms with Crippen LogP contribution >= 0.6 is 11.6 Å². The Morgan fingerprint density at radius 2 is 1.88 bits per heavy atom. The molecule has 1 aromatic carbocycles. The molecule has 25 heavy (non-hydrogen) atoms. The molecule has 1 saturated carbocycles. The van der Waals surface area contributed by atoms with Crippen molar-refractivity contribution in [2.45, 2.75) is 44.6 Å². The summed E-state index contributed by atoms with van der Waals surface area (Å²) in [6.07, 6.45) is 3.81. The van der Waals surface area contributed by atoms with Crippen LogP contribution in [0.4, 0.5) is 0 Å². The lowest BCUT2D eigenvalue weighted by Gasteiger charge is -2.19. The molecule has 0 saturated heterocycles. The minimum Gasteiger partial charge on any atom is -0.481 e. The number of carbonyl (C=O) groups excluding carboxylic acids is 2. The number of benzene rings is 1. The van der Waals surface area contributed by atoms with E-state index in [-0.39, 0.29) is 37.1 Å². The molecule has 7 heteroatoms. The quantitative estimate of drug-likeness (QED) is 0.659. The van der Waals surface area contributed by atoms with Gasteiger partial charge < -0.3 is 15.7 Å². The fourth-order valence-corrected chi connectivity index (χ4v) is 3.34. The Bertz CT molecular complexity index is 629. The SMILES string of the molecule is O=C(O)C[C@@H](NC(=O)CCNC(=O)C1CCCC1)c1ccccc1Cl. The maximum Gasteiger partial charge on any atom is 0.305 e. The van der Waals surface area contributed by atoms with Gasteiger partial charge in [-0.2, -0.15) is 0 Å². The van der Waals surface area contributed by atoms with Crippen molar-refractivity contribution in [1.82, 2.24) is 10.6 Å².